The molecule has 1 aliphatic rings. The molecule has 3 N–H and O–H groups in total. The van der Waals surface area contributed by atoms with Gasteiger partial charge in [-0.2, -0.15) is 0 Å². The van der Waals surface area contributed by atoms with Gasteiger partial charge in [0.05, 0.1) is 0 Å². The van der Waals surface area contributed by atoms with Gasteiger partial charge in [0, 0.05) is 6.54 Å². The number of primary sulfonamides is 1. The van der Waals surface area contributed by atoms with Gasteiger partial charge in [0.15, 0.2) is 0 Å². The SMILES string of the molecule is CC(C)C1(CNS(=O)(=O)c2ccccc2S(N)(=O)=O)CC1. The first-order valence-electron chi connectivity index (χ1n) is 6.70. The molecule has 0 amide bonds. The molecule has 21 heavy (non-hydrogen) atoms. The quantitative estimate of drug-likeness (QED) is 0.812. The van der Waals surface area contributed by atoms with Gasteiger partial charge in [-0.25, -0.2) is 26.7 Å². The second-order valence-corrected chi connectivity index (χ2v) is 9.10. The summed E-state index contributed by atoms with van der Waals surface area (Å²) in [5, 5.41) is 5.08. The molecule has 1 fully saturated rings. The predicted molar refractivity (Wildman–Crippen MR) is 79.5 cm³/mol. The highest BCUT2D eigenvalue weighted by Gasteiger charge is 2.45. The zero-order valence-electron chi connectivity index (χ0n) is 12.0. The standard InChI is InChI=1S/C13H20N2O4S2/c1-10(2)13(7-8-13)9-15-21(18,19)12-6-4-3-5-11(12)20(14,16)17/h3-6,10,15H,7-9H2,1-2H3,(H2,14,16,17). The van der Waals surface area contributed by atoms with Crippen LogP contribution < -0.4 is 9.86 Å². The molecule has 0 unspecified atom stereocenters. The second-order valence-electron chi connectivity index (χ2n) is 5.83. The van der Waals surface area contributed by atoms with Crippen LogP contribution in [0.2, 0.25) is 0 Å². The fraction of sp³-hybridized carbons (Fsp3) is 0.538. The summed E-state index contributed by atoms with van der Waals surface area (Å²) >= 11 is 0. The molecule has 1 saturated carbocycles. The maximum Gasteiger partial charge on any atom is 0.241 e. The minimum Gasteiger partial charge on any atom is -0.225 e. The number of hydrogen-bond acceptors (Lipinski definition) is 4. The average Bonchev–Trinajstić information content (AvgIpc) is 3.17. The molecule has 0 spiro atoms. The van der Waals surface area contributed by atoms with E-state index in [0.717, 1.165) is 12.8 Å². The zero-order chi connectivity index (χ0) is 15.9. The summed E-state index contributed by atoms with van der Waals surface area (Å²) in [6.45, 7) is 4.42. The van der Waals surface area contributed by atoms with Gasteiger partial charge in [-0.05, 0) is 36.3 Å². The number of benzene rings is 1. The van der Waals surface area contributed by atoms with E-state index in [1.165, 1.54) is 24.3 Å². The van der Waals surface area contributed by atoms with Crippen LogP contribution in [0.15, 0.2) is 34.1 Å². The molecule has 0 atom stereocenters. The minimum atomic E-state index is -4.09. The molecular weight excluding hydrogens is 312 g/mol. The van der Waals surface area contributed by atoms with Gasteiger partial charge in [0.25, 0.3) is 0 Å². The van der Waals surface area contributed by atoms with Gasteiger partial charge in [-0.15, -0.1) is 0 Å². The molecule has 2 rings (SSSR count). The third-order valence-corrected chi connectivity index (χ3v) is 6.73. The topological polar surface area (TPSA) is 106 Å². The summed E-state index contributed by atoms with van der Waals surface area (Å²) in [7, 11) is -8.00. The maximum absolute atomic E-state index is 12.4. The molecule has 8 heteroatoms. The van der Waals surface area contributed by atoms with Crippen LogP contribution in [-0.2, 0) is 20.0 Å². The van der Waals surface area contributed by atoms with E-state index in [9.17, 15) is 16.8 Å². The maximum atomic E-state index is 12.4. The van der Waals surface area contributed by atoms with E-state index >= 15 is 0 Å². The second kappa shape index (κ2) is 5.35. The van der Waals surface area contributed by atoms with Gasteiger partial charge in [-0.1, -0.05) is 26.0 Å². The molecule has 1 aromatic rings. The largest absolute Gasteiger partial charge is 0.241 e. The van der Waals surface area contributed by atoms with Gasteiger partial charge in [0.2, 0.25) is 20.0 Å². The van der Waals surface area contributed by atoms with E-state index in [0.29, 0.717) is 12.5 Å². The van der Waals surface area contributed by atoms with E-state index < -0.39 is 20.0 Å². The third-order valence-electron chi connectivity index (χ3n) is 4.18. The fourth-order valence-electron chi connectivity index (χ4n) is 2.34. The Balaban J connectivity index is 2.29. The monoisotopic (exact) mass is 332 g/mol. The normalized spacial score (nSPS) is 17.9. The van der Waals surface area contributed by atoms with Gasteiger partial charge in [0.1, 0.15) is 9.79 Å². The minimum absolute atomic E-state index is 0.0103. The summed E-state index contributed by atoms with van der Waals surface area (Å²) in [4.78, 5) is -0.682. The summed E-state index contributed by atoms with van der Waals surface area (Å²) in [6.07, 6.45) is 1.95. The number of sulfonamides is 2. The first-order chi connectivity index (χ1) is 9.58. The Morgan fingerprint density at radius 1 is 1.14 bits per heavy atom. The van der Waals surface area contributed by atoms with Crippen molar-refractivity contribution in [1.29, 1.82) is 0 Å². The number of rotatable bonds is 6. The van der Waals surface area contributed by atoms with Crippen LogP contribution in [0, 0.1) is 11.3 Å². The molecule has 0 aliphatic heterocycles. The molecule has 0 heterocycles. The van der Waals surface area contributed by atoms with Crippen LogP contribution in [0.5, 0.6) is 0 Å². The Hall–Kier alpha value is -0.960. The van der Waals surface area contributed by atoms with Crippen molar-refractivity contribution in [3.8, 4) is 0 Å². The summed E-state index contributed by atoms with van der Waals surface area (Å²) in [6, 6.07) is 5.35. The zero-order valence-corrected chi connectivity index (χ0v) is 13.7. The molecule has 6 nitrogen and oxygen atoms in total. The molecule has 118 valence electrons. The van der Waals surface area contributed by atoms with Crippen LogP contribution in [0.1, 0.15) is 26.7 Å². The fourth-order valence-corrected chi connectivity index (χ4v) is 4.86. The predicted octanol–water partition coefficient (Wildman–Crippen LogP) is 1.05. The molecule has 0 radical (unpaired) electrons. The van der Waals surface area contributed by atoms with Crippen LogP contribution in [0.4, 0.5) is 0 Å². The van der Waals surface area contributed by atoms with Crippen molar-refractivity contribution in [1.82, 2.24) is 4.72 Å². The van der Waals surface area contributed by atoms with Crippen molar-refractivity contribution >= 4 is 20.0 Å². The lowest BCUT2D eigenvalue weighted by Gasteiger charge is -2.20. The Labute approximate surface area is 125 Å². The van der Waals surface area contributed by atoms with Gasteiger partial charge >= 0.3 is 0 Å². The first-order valence-corrected chi connectivity index (χ1v) is 9.73. The lowest BCUT2D eigenvalue weighted by atomic mass is 9.93. The molecule has 0 bridgehead atoms. The molecule has 1 aliphatic carbocycles. The van der Waals surface area contributed by atoms with E-state index in [-0.39, 0.29) is 15.2 Å². The Morgan fingerprint density at radius 3 is 2.10 bits per heavy atom. The highest BCUT2D eigenvalue weighted by atomic mass is 32.2. The van der Waals surface area contributed by atoms with E-state index in [1.54, 1.807) is 0 Å². The van der Waals surface area contributed by atoms with Gasteiger partial charge in [-0.3, -0.25) is 0 Å². The van der Waals surface area contributed by atoms with Gasteiger partial charge < -0.3 is 0 Å². The summed E-state index contributed by atoms with van der Waals surface area (Å²) in [5.74, 6) is 0.369. The van der Waals surface area contributed by atoms with Crippen LogP contribution >= 0.6 is 0 Å². The molecule has 1 aromatic carbocycles. The third kappa shape index (κ3) is 3.45. The number of nitrogens with two attached hydrogens (primary N) is 1. The Kier molecular flexibility index (Phi) is 4.18. The Bertz CT molecular complexity index is 735. The first kappa shape index (κ1) is 16.4. The smallest absolute Gasteiger partial charge is 0.225 e. The number of nitrogens with one attached hydrogen (secondary N) is 1. The van der Waals surface area contributed by atoms with E-state index in [1.807, 2.05) is 0 Å². The van der Waals surface area contributed by atoms with Crippen LogP contribution in [0.3, 0.4) is 0 Å². The molecular formula is C13H20N2O4S2. The lowest BCUT2D eigenvalue weighted by molar-refractivity contribution is 0.357. The van der Waals surface area contributed by atoms with Crippen molar-refractivity contribution in [3.05, 3.63) is 24.3 Å². The van der Waals surface area contributed by atoms with Crippen LogP contribution in [0.25, 0.3) is 0 Å². The van der Waals surface area contributed by atoms with Crippen molar-refractivity contribution in [2.45, 2.75) is 36.5 Å². The van der Waals surface area contributed by atoms with Crippen molar-refractivity contribution in [2.75, 3.05) is 6.54 Å². The highest BCUT2D eigenvalue weighted by molar-refractivity contribution is 7.92. The van der Waals surface area contributed by atoms with E-state index in [2.05, 4.69) is 18.6 Å². The van der Waals surface area contributed by atoms with Crippen LogP contribution in [-0.4, -0.2) is 23.4 Å². The lowest BCUT2D eigenvalue weighted by Crippen LogP contribution is -2.33. The average molecular weight is 332 g/mol. The van der Waals surface area contributed by atoms with Crippen molar-refractivity contribution in [3.63, 3.8) is 0 Å². The summed E-state index contributed by atoms with van der Waals surface area (Å²) < 4.78 is 50.3. The molecule has 0 aromatic heterocycles. The van der Waals surface area contributed by atoms with Crippen molar-refractivity contribution in [2.24, 2.45) is 16.5 Å². The highest BCUT2D eigenvalue weighted by Crippen LogP contribution is 2.51. The van der Waals surface area contributed by atoms with Crippen molar-refractivity contribution < 1.29 is 16.8 Å². The van der Waals surface area contributed by atoms with E-state index in [4.69, 9.17) is 5.14 Å². The molecule has 0 saturated heterocycles. The summed E-state index contributed by atoms with van der Waals surface area (Å²) in [5.41, 5.74) is -0.0103. The Morgan fingerprint density at radius 2 is 1.67 bits per heavy atom. The number of hydrogen-bond donors (Lipinski definition) is 2.